The lowest BCUT2D eigenvalue weighted by atomic mass is 10.1. The van der Waals surface area contributed by atoms with Crippen LogP contribution < -0.4 is 15.0 Å². The van der Waals surface area contributed by atoms with Crippen molar-refractivity contribution in [3.8, 4) is 5.75 Å². The van der Waals surface area contributed by atoms with Crippen molar-refractivity contribution >= 4 is 11.6 Å². The molecule has 1 aliphatic rings. The maximum absolute atomic E-state index is 13.7. The molecule has 4 rings (SSSR count). The summed E-state index contributed by atoms with van der Waals surface area (Å²) in [4.78, 5) is 14.8. The van der Waals surface area contributed by atoms with Gasteiger partial charge in [0.1, 0.15) is 18.2 Å². The zero-order chi connectivity index (χ0) is 20.9. The Morgan fingerprint density at radius 1 is 1.07 bits per heavy atom. The van der Waals surface area contributed by atoms with Crippen LogP contribution in [0.15, 0.2) is 72.8 Å². The van der Waals surface area contributed by atoms with Crippen molar-refractivity contribution in [1.29, 1.82) is 0 Å². The highest BCUT2D eigenvalue weighted by atomic mass is 19.1. The van der Waals surface area contributed by atoms with Crippen molar-refractivity contribution in [1.82, 2.24) is 5.32 Å². The Bertz CT molecular complexity index is 1010. The number of aryl methyl sites for hydroxylation is 1. The number of nitrogens with zero attached hydrogens (tertiary/aromatic N) is 1. The number of carbonyl (C=O) groups excluding carboxylic acids is 1. The van der Waals surface area contributed by atoms with E-state index in [0.29, 0.717) is 31.9 Å². The molecule has 0 radical (unpaired) electrons. The van der Waals surface area contributed by atoms with E-state index in [-0.39, 0.29) is 17.8 Å². The van der Waals surface area contributed by atoms with Gasteiger partial charge in [0, 0.05) is 19.2 Å². The lowest BCUT2D eigenvalue weighted by Crippen LogP contribution is -2.45. The zero-order valence-corrected chi connectivity index (χ0v) is 17.0. The quantitative estimate of drug-likeness (QED) is 0.652. The Morgan fingerprint density at radius 3 is 2.60 bits per heavy atom. The number of amides is 1. The van der Waals surface area contributed by atoms with Crippen molar-refractivity contribution in [2.75, 3.05) is 11.5 Å². The van der Waals surface area contributed by atoms with E-state index in [2.05, 4.69) is 41.4 Å². The van der Waals surface area contributed by atoms with Crippen LogP contribution in [-0.2, 0) is 17.9 Å². The molecule has 0 saturated carbocycles. The first-order valence-electron chi connectivity index (χ1n) is 10.1. The highest BCUT2D eigenvalue weighted by molar-refractivity contribution is 5.77. The van der Waals surface area contributed by atoms with Crippen LogP contribution in [0.4, 0.5) is 10.1 Å². The molecule has 0 aliphatic carbocycles. The van der Waals surface area contributed by atoms with Gasteiger partial charge >= 0.3 is 0 Å². The molecule has 1 atom stereocenters. The average molecular weight is 404 g/mol. The first-order valence-corrected chi connectivity index (χ1v) is 10.1. The SMILES string of the molecule is Cc1ccc(CN2c3ccc(F)cc3OC[C@H]2CC(=O)NCc2ccccc2)cc1. The first kappa shape index (κ1) is 20.0. The number of ether oxygens (including phenoxy) is 1. The summed E-state index contributed by atoms with van der Waals surface area (Å²) in [6, 6.07) is 22.6. The van der Waals surface area contributed by atoms with E-state index in [1.807, 2.05) is 30.3 Å². The van der Waals surface area contributed by atoms with Crippen molar-refractivity contribution in [2.24, 2.45) is 0 Å². The van der Waals surface area contributed by atoms with Crippen LogP contribution in [0.1, 0.15) is 23.1 Å². The van der Waals surface area contributed by atoms with E-state index in [9.17, 15) is 9.18 Å². The molecule has 3 aromatic rings. The number of carbonyl (C=O) groups is 1. The molecule has 1 heterocycles. The van der Waals surface area contributed by atoms with E-state index in [0.717, 1.165) is 16.8 Å². The molecule has 5 heteroatoms. The summed E-state index contributed by atoms with van der Waals surface area (Å²) in [7, 11) is 0. The fourth-order valence-electron chi connectivity index (χ4n) is 3.67. The van der Waals surface area contributed by atoms with Crippen molar-refractivity contribution < 1.29 is 13.9 Å². The van der Waals surface area contributed by atoms with Crippen molar-refractivity contribution in [3.63, 3.8) is 0 Å². The second kappa shape index (κ2) is 8.99. The number of rotatable bonds is 6. The topological polar surface area (TPSA) is 41.6 Å². The number of hydrogen-bond acceptors (Lipinski definition) is 3. The third kappa shape index (κ3) is 4.79. The van der Waals surface area contributed by atoms with E-state index in [4.69, 9.17) is 4.74 Å². The lowest BCUT2D eigenvalue weighted by molar-refractivity contribution is -0.121. The van der Waals surface area contributed by atoms with Crippen LogP contribution in [0.25, 0.3) is 0 Å². The maximum Gasteiger partial charge on any atom is 0.222 e. The maximum atomic E-state index is 13.7. The number of halogens is 1. The van der Waals surface area contributed by atoms with Crippen LogP contribution in [0.5, 0.6) is 5.75 Å². The highest BCUT2D eigenvalue weighted by Gasteiger charge is 2.29. The van der Waals surface area contributed by atoms with E-state index >= 15 is 0 Å². The largest absolute Gasteiger partial charge is 0.489 e. The predicted octanol–water partition coefficient (Wildman–Crippen LogP) is 4.61. The molecule has 1 N–H and O–H groups in total. The van der Waals surface area contributed by atoms with Gasteiger partial charge in [0.15, 0.2) is 0 Å². The van der Waals surface area contributed by atoms with Crippen LogP contribution in [0.3, 0.4) is 0 Å². The molecule has 30 heavy (non-hydrogen) atoms. The van der Waals surface area contributed by atoms with Gasteiger partial charge < -0.3 is 15.0 Å². The van der Waals surface area contributed by atoms with E-state index < -0.39 is 0 Å². The van der Waals surface area contributed by atoms with Crippen LogP contribution >= 0.6 is 0 Å². The van der Waals surface area contributed by atoms with Crippen LogP contribution in [0.2, 0.25) is 0 Å². The number of fused-ring (bicyclic) bond motifs is 1. The molecule has 154 valence electrons. The Balaban J connectivity index is 1.50. The summed E-state index contributed by atoms with van der Waals surface area (Å²) < 4.78 is 19.5. The molecule has 0 aromatic heterocycles. The molecule has 0 fully saturated rings. The average Bonchev–Trinajstić information content (AvgIpc) is 2.76. The monoisotopic (exact) mass is 404 g/mol. The highest BCUT2D eigenvalue weighted by Crippen LogP contribution is 2.36. The fraction of sp³-hybridized carbons (Fsp3) is 0.240. The Morgan fingerprint density at radius 2 is 1.83 bits per heavy atom. The van der Waals surface area contributed by atoms with Crippen LogP contribution in [0, 0.1) is 12.7 Å². The van der Waals surface area contributed by atoms with Crippen molar-refractivity contribution in [2.45, 2.75) is 32.5 Å². The third-order valence-electron chi connectivity index (χ3n) is 5.33. The number of anilines is 1. The van der Waals surface area contributed by atoms with Gasteiger partial charge in [-0.25, -0.2) is 4.39 Å². The molecule has 1 aliphatic heterocycles. The summed E-state index contributed by atoms with van der Waals surface area (Å²) in [6.45, 7) is 3.50. The Kier molecular flexibility index (Phi) is 5.98. The number of benzene rings is 3. The zero-order valence-electron chi connectivity index (χ0n) is 17.0. The van der Waals surface area contributed by atoms with Gasteiger partial charge in [-0.15, -0.1) is 0 Å². The number of nitrogens with one attached hydrogen (secondary N) is 1. The number of hydrogen-bond donors (Lipinski definition) is 1. The summed E-state index contributed by atoms with van der Waals surface area (Å²) in [5, 5.41) is 2.99. The van der Waals surface area contributed by atoms with Gasteiger partial charge in [-0.3, -0.25) is 4.79 Å². The molecule has 3 aromatic carbocycles. The fourth-order valence-corrected chi connectivity index (χ4v) is 3.67. The molecule has 1 amide bonds. The van der Waals surface area contributed by atoms with Gasteiger partial charge in [0.2, 0.25) is 5.91 Å². The minimum Gasteiger partial charge on any atom is -0.489 e. The van der Waals surface area contributed by atoms with Crippen molar-refractivity contribution in [3.05, 3.63) is 95.3 Å². The van der Waals surface area contributed by atoms with Gasteiger partial charge in [-0.1, -0.05) is 60.2 Å². The lowest BCUT2D eigenvalue weighted by Gasteiger charge is -2.38. The second-order valence-electron chi connectivity index (χ2n) is 7.66. The van der Waals surface area contributed by atoms with Gasteiger partial charge in [0.05, 0.1) is 18.2 Å². The van der Waals surface area contributed by atoms with Gasteiger partial charge in [-0.2, -0.15) is 0 Å². The normalized spacial score (nSPS) is 15.3. The minimum atomic E-state index is -0.330. The predicted molar refractivity (Wildman–Crippen MR) is 116 cm³/mol. The van der Waals surface area contributed by atoms with Gasteiger partial charge in [-0.05, 0) is 30.2 Å². The molecule has 0 unspecified atom stereocenters. The molecule has 4 nitrogen and oxygen atoms in total. The second-order valence-corrected chi connectivity index (χ2v) is 7.66. The summed E-state index contributed by atoms with van der Waals surface area (Å²) >= 11 is 0. The van der Waals surface area contributed by atoms with E-state index in [1.165, 1.54) is 17.7 Å². The smallest absolute Gasteiger partial charge is 0.222 e. The Labute approximate surface area is 176 Å². The van der Waals surface area contributed by atoms with Gasteiger partial charge in [0.25, 0.3) is 0 Å². The summed E-state index contributed by atoms with van der Waals surface area (Å²) in [5.41, 5.74) is 4.19. The van der Waals surface area contributed by atoms with E-state index in [1.54, 1.807) is 6.07 Å². The summed E-state index contributed by atoms with van der Waals surface area (Å²) in [5.74, 6) is 0.151. The molecule has 0 bridgehead atoms. The molecule has 0 spiro atoms. The molecule has 0 saturated heterocycles. The Hall–Kier alpha value is -3.34. The summed E-state index contributed by atoms with van der Waals surface area (Å²) in [6.07, 6.45) is 0.301. The molecular formula is C25H25FN2O2. The molecular weight excluding hydrogens is 379 g/mol. The third-order valence-corrected chi connectivity index (χ3v) is 5.33. The standard InChI is InChI=1S/C25H25FN2O2/c1-18-7-9-20(10-8-18)16-28-22(17-30-24-13-21(26)11-12-23(24)28)14-25(29)27-15-19-5-3-2-4-6-19/h2-13,22H,14-17H2,1H3,(H,27,29)/t22-/m1/s1. The van der Waals surface area contributed by atoms with Crippen LogP contribution in [-0.4, -0.2) is 18.6 Å². The minimum absolute atomic E-state index is 0.0353. The first-order chi connectivity index (χ1) is 14.6.